The number of anilines is 2. The summed E-state index contributed by atoms with van der Waals surface area (Å²) in [5.74, 6) is 0.937. The van der Waals surface area contributed by atoms with Gasteiger partial charge >= 0.3 is 0 Å². The first-order valence-electron chi connectivity index (χ1n) is 8.66. The molecule has 3 nitrogen and oxygen atoms in total. The Morgan fingerprint density at radius 1 is 1.00 bits per heavy atom. The van der Waals surface area contributed by atoms with Gasteiger partial charge in [0.25, 0.3) is 0 Å². The highest BCUT2D eigenvalue weighted by Crippen LogP contribution is 2.22. The number of rotatable bonds is 6. The molecule has 1 aliphatic heterocycles. The summed E-state index contributed by atoms with van der Waals surface area (Å²) in [5, 5.41) is 3.49. The van der Waals surface area contributed by atoms with Gasteiger partial charge in [-0.05, 0) is 68.1 Å². The third kappa shape index (κ3) is 4.41. The maximum absolute atomic E-state index is 5.55. The first kappa shape index (κ1) is 15.7. The Hall–Kier alpha value is -2.16. The van der Waals surface area contributed by atoms with Crippen LogP contribution in [0.5, 0.6) is 5.75 Å². The molecule has 1 N–H and O–H groups in total. The number of nitrogens with one attached hydrogen (secondary N) is 1. The Kier molecular flexibility index (Phi) is 5.41. The van der Waals surface area contributed by atoms with E-state index in [-0.39, 0.29) is 0 Å². The molecule has 1 heterocycles. The highest BCUT2D eigenvalue weighted by Gasteiger charge is 2.10. The van der Waals surface area contributed by atoms with Gasteiger partial charge in [0.05, 0.1) is 6.61 Å². The topological polar surface area (TPSA) is 24.5 Å². The first-order chi connectivity index (χ1) is 11.3. The van der Waals surface area contributed by atoms with E-state index in [0.717, 1.165) is 18.0 Å². The van der Waals surface area contributed by atoms with Crippen LogP contribution in [0.4, 0.5) is 11.4 Å². The highest BCUT2D eigenvalue weighted by molar-refractivity contribution is 5.55. The molecule has 0 radical (unpaired) electrons. The molecule has 1 saturated heterocycles. The van der Waals surface area contributed by atoms with Crippen molar-refractivity contribution in [3.8, 4) is 5.75 Å². The molecule has 0 unspecified atom stereocenters. The Labute approximate surface area is 139 Å². The SMILES string of the molecule is CCOc1cccc(CNc2ccc(N3CCCCC3)cc2)c1. The average Bonchev–Trinajstić information content (AvgIpc) is 2.62. The minimum absolute atomic E-state index is 0.703. The molecular weight excluding hydrogens is 284 g/mol. The van der Waals surface area contributed by atoms with Gasteiger partial charge in [0.1, 0.15) is 5.75 Å². The van der Waals surface area contributed by atoms with Crippen molar-refractivity contribution in [2.45, 2.75) is 32.7 Å². The maximum atomic E-state index is 5.55. The van der Waals surface area contributed by atoms with Gasteiger partial charge in [0.2, 0.25) is 0 Å². The fraction of sp³-hybridized carbons (Fsp3) is 0.400. The molecule has 0 spiro atoms. The Morgan fingerprint density at radius 3 is 2.52 bits per heavy atom. The minimum Gasteiger partial charge on any atom is -0.494 e. The summed E-state index contributed by atoms with van der Waals surface area (Å²) in [5.41, 5.74) is 3.73. The monoisotopic (exact) mass is 310 g/mol. The van der Waals surface area contributed by atoms with E-state index in [4.69, 9.17) is 4.74 Å². The zero-order valence-corrected chi connectivity index (χ0v) is 13.9. The van der Waals surface area contributed by atoms with Crippen LogP contribution >= 0.6 is 0 Å². The quantitative estimate of drug-likeness (QED) is 0.838. The molecule has 1 fully saturated rings. The van der Waals surface area contributed by atoms with E-state index >= 15 is 0 Å². The lowest BCUT2D eigenvalue weighted by Gasteiger charge is -2.28. The molecule has 0 aromatic heterocycles. The molecule has 0 bridgehead atoms. The van der Waals surface area contributed by atoms with Crippen LogP contribution in [0.3, 0.4) is 0 Å². The first-order valence-corrected chi connectivity index (χ1v) is 8.66. The van der Waals surface area contributed by atoms with Crippen molar-refractivity contribution in [3.63, 3.8) is 0 Å². The fourth-order valence-corrected chi connectivity index (χ4v) is 3.06. The van der Waals surface area contributed by atoms with Gasteiger partial charge in [-0.2, -0.15) is 0 Å². The molecule has 2 aromatic rings. The summed E-state index contributed by atoms with van der Waals surface area (Å²) >= 11 is 0. The normalized spacial score (nSPS) is 14.6. The Balaban J connectivity index is 1.57. The van der Waals surface area contributed by atoms with E-state index in [1.54, 1.807) is 0 Å². The average molecular weight is 310 g/mol. The van der Waals surface area contributed by atoms with Gasteiger partial charge in [-0.15, -0.1) is 0 Å². The van der Waals surface area contributed by atoms with Gasteiger partial charge < -0.3 is 15.0 Å². The highest BCUT2D eigenvalue weighted by atomic mass is 16.5. The van der Waals surface area contributed by atoms with Gasteiger partial charge in [-0.25, -0.2) is 0 Å². The van der Waals surface area contributed by atoms with Crippen LogP contribution in [-0.2, 0) is 6.54 Å². The number of nitrogens with zero attached hydrogens (tertiary/aromatic N) is 1. The number of hydrogen-bond acceptors (Lipinski definition) is 3. The lowest BCUT2D eigenvalue weighted by atomic mass is 10.1. The predicted octanol–water partition coefficient (Wildman–Crippen LogP) is 4.69. The van der Waals surface area contributed by atoms with Crippen LogP contribution in [-0.4, -0.2) is 19.7 Å². The van der Waals surface area contributed by atoms with Crippen molar-refractivity contribution in [2.24, 2.45) is 0 Å². The van der Waals surface area contributed by atoms with E-state index in [9.17, 15) is 0 Å². The second-order valence-corrected chi connectivity index (χ2v) is 6.03. The van der Waals surface area contributed by atoms with Gasteiger partial charge in [0.15, 0.2) is 0 Å². The summed E-state index contributed by atoms with van der Waals surface area (Å²) in [4.78, 5) is 2.48. The summed E-state index contributed by atoms with van der Waals surface area (Å²) in [6.07, 6.45) is 4.00. The molecule has 3 rings (SSSR count). The molecule has 23 heavy (non-hydrogen) atoms. The summed E-state index contributed by atoms with van der Waals surface area (Å²) in [6.45, 7) is 5.90. The molecule has 1 aliphatic rings. The summed E-state index contributed by atoms with van der Waals surface area (Å²) < 4.78 is 5.55. The Morgan fingerprint density at radius 2 is 1.78 bits per heavy atom. The zero-order chi connectivity index (χ0) is 15.9. The third-order valence-corrected chi connectivity index (χ3v) is 4.29. The number of benzene rings is 2. The van der Waals surface area contributed by atoms with Crippen LogP contribution in [0.2, 0.25) is 0 Å². The van der Waals surface area contributed by atoms with Crippen molar-refractivity contribution in [1.29, 1.82) is 0 Å². The predicted molar refractivity (Wildman–Crippen MR) is 97.4 cm³/mol. The van der Waals surface area contributed by atoms with E-state index in [0.29, 0.717) is 6.61 Å². The summed E-state index contributed by atoms with van der Waals surface area (Å²) in [7, 11) is 0. The lowest BCUT2D eigenvalue weighted by molar-refractivity contribution is 0.340. The number of ether oxygens (including phenoxy) is 1. The second-order valence-electron chi connectivity index (χ2n) is 6.03. The van der Waals surface area contributed by atoms with Crippen molar-refractivity contribution in [1.82, 2.24) is 0 Å². The van der Waals surface area contributed by atoms with Crippen molar-refractivity contribution in [2.75, 3.05) is 29.9 Å². The minimum atomic E-state index is 0.703. The van der Waals surface area contributed by atoms with E-state index in [1.807, 2.05) is 19.1 Å². The molecule has 0 amide bonds. The van der Waals surface area contributed by atoms with Crippen LogP contribution in [0.1, 0.15) is 31.7 Å². The van der Waals surface area contributed by atoms with Crippen molar-refractivity contribution >= 4 is 11.4 Å². The number of piperidine rings is 1. The standard InChI is InChI=1S/C20H26N2O/c1-2-23-20-8-6-7-17(15-20)16-21-18-9-11-19(12-10-18)22-13-4-3-5-14-22/h6-12,15,21H,2-5,13-14,16H2,1H3. The zero-order valence-electron chi connectivity index (χ0n) is 13.9. The second kappa shape index (κ2) is 7.91. The molecule has 3 heteroatoms. The van der Waals surface area contributed by atoms with Gasteiger partial charge in [-0.3, -0.25) is 0 Å². The van der Waals surface area contributed by atoms with Crippen molar-refractivity contribution < 1.29 is 4.74 Å². The lowest BCUT2D eigenvalue weighted by Crippen LogP contribution is -2.29. The summed E-state index contributed by atoms with van der Waals surface area (Å²) in [6, 6.07) is 17.1. The van der Waals surface area contributed by atoms with E-state index < -0.39 is 0 Å². The van der Waals surface area contributed by atoms with Crippen LogP contribution in [0, 0.1) is 0 Å². The van der Waals surface area contributed by atoms with Crippen LogP contribution in [0.15, 0.2) is 48.5 Å². The van der Waals surface area contributed by atoms with E-state index in [1.165, 1.54) is 43.6 Å². The van der Waals surface area contributed by atoms with Crippen LogP contribution in [0.25, 0.3) is 0 Å². The number of hydrogen-bond donors (Lipinski definition) is 1. The van der Waals surface area contributed by atoms with E-state index in [2.05, 4.69) is 46.6 Å². The van der Waals surface area contributed by atoms with Crippen LogP contribution < -0.4 is 15.0 Å². The molecule has 122 valence electrons. The molecule has 0 atom stereocenters. The van der Waals surface area contributed by atoms with Gasteiger partial charge in [-0.1, -0.05) is 12.1 Å². The molecule has 2 aromatic carbocycles. The maximum Gasteiger partial charge on any atom is 0.119 e. The van der Waals surface area contributed by atoms with Gasteiger partial charge in [0, 0.05) is 31.0 Å². The molecular formula is C20H26N2O. The Bertz CT molecular complexity index is 603. The third-order valence-electron chi connectivity index (χ3n) is 4.29. The fourth-order valence-electron chi connectivity index (χ4n) is 3.06. The molecule has 0 saturated carbocycles. The largest absolute Gasteiger partial charge is 0.494 e. The molecule has 0 aliphatic carbocycles. The smallest absolute Gasteiger partial charge is 0.119 e. The van der Waals surface area contributed by atoms with Crippen molar-refractivity contribution in [3.05, 3.63) is 54.1 Å².